The lowest BCUT2D eigenvalue weighted by Crippen LogP contribution is -1.94. The molecule has 0 unspecified atom stereocenters. The SMILES string of the molecule is CCCc1ccc(CCCC(=O)O)s1. The van der Waals surface area contributed by atoms with Gasteiger partial charge in [-0.05, 0) is 31.4 Å². The molecule has 0 aromatic carbocycles. The second-order valence-electron chi connectivity index (χ2n) is 3.37. The minimum Gasteiger partial charge on any atom is -0.481 e. The molecule has 0 aliphatic rings. The van der Waals surface area contributed by atoms with Gasteiger partial charge in [0.25, 0.3) is 0 Å². The maximum atomic E-state index is 10.3. The quantitative estimate of drug-likeness (QED) is 0.786. The molecular formula is C11H16O2S. The molecule has 2 nitrogen and oxygen atoms in total. The lowest BCUT2D eigenvalue weighted by atomic mass is 10.2. The van der Waals surface area contributed by atoms with Crippen LogP contribution in [0.5, 0.6) is 0 Å². The van der Waals surface area contributed by atoms with E-state index in [4.69, 9.17) is 5.11 Å². The molecule has 1 rings (SSSR count). The fraction of sp³-hybridized carbons (Fsp3) is 0.545. The highest BCUT2D eigenvalue weighted by Gasteiger charge is 2.01. The summed E-state index contributed by atoms with van der Waals surface area (Å²) in [4.78, 5) is 13.0. The first-order valence-electron chi connectivity index (χ1n) is 5.01. The van der Waals surface area contributed by atoms with Gasteiger partial charge in [-0.3, -0.25) is 4.79 Å². The summed E-state index contributed by atoms with van der Waals surface area (Å²) in [5, 5.41) is 8.48. The zero-order chi connectivity index (χ0) is 10.4. The first kappa shape index (κ1) is 11.2. The zero-order valence-corrected chi connectivity index (χ0v) is 9.27. The maximum absolute atomic E-state index is 10.3. The Kier molecular flexibility index (Phi) is 4.66. The Labute approximate surface area is 88.6 Å². The molecule has 78 valence electrons. The summed E-state index contributed by atoms with van der Waals surface area (Å²) in [5.74, 6) is -0.699. The highest BCUT2D eigenvalue weighted by atomic mass is 32.1. The van der Waals surface area contributed by atoms with Crippen molar-refractivity contribution in [3.05, 3.63) is 21.9 Å². The van der Waals surface area contributed by atoms with Crippen molar-refractivity contribution in [1.82, 2.24) is 0 Å². The Morgan fingerprint density at radius 1 is 1.36 bits per heavy atom. The van der Waals surface area contributed by atoms with Crippen LogP contribution >= 0.6 is 11.3 Å². The summed E-state index contributed by atoms with van der Waals surface area (Å²) in [6.07, 6.45) is 4.25. The maximum Gasteiger partial charge on any atom is 0.303 e. The molecule has 14 heavy (non-hydrogen) atoms. The topological polar surface area (TPSA) is 37.3 Å². The molecule has 0 amide bonds. The van der Waals surface area contributed by atoms with Gasteiger partial charge >= 0.3 is 5.97 Å². The van der Waals surface area contributed by atoms with Crippen LogP contribution in [0.1, 0.15) is 35.9 Å². The molecule has 0 spiro atoms. The molecule has 0 atom stereocenters. The number of carbonyl (C=O) groups is 1. The van der Waals surface area contributed by atoms with Crippen molar-refractivity contribution in [2.24, 2.45) is 0 Å². The van der Waals surface area contributed by atoms with E-state index in [9.17, 15) is 4.79 Å². The van der Waals surface area contributed by atoms with E-state index in [2.05, 4.69) is 19.1 Å². The second-order valence-corrected chi connectivity index (χ2v) is 4.62. The van der Waals surface area contributed by atoms with Gasteiger partial charge in [-0.15, -0.1) is 11.3 Å². The van der Waals surface area contributed by atoms with Gasteiger partial charge in [-0.25, -0.2) is 0 Å². The monoisotopic (exact) mass is 212 g/mol. The van der Waals surface area contributed by atoms with Crippen molar-refractivity contribution in [2.45, 2.75) is 39.0 Å². The zero-order valence-electron chi connectivity index (χ0n) is 8.45. The standard InChI is InChI=1S/C11H16O2S/c1-2-4-9-7-8-10(14-9)5-3-6-11(12)13/h7-8H,2-6H2,1H3,(H,12,13). The van der Waals surface area contributed by atoms with Gasteiger partial charge in [0.1, 0.15) is 0 Å². The van der Waals surface area contributed by atoms with E-state index in [1.807, 2.05) is 11.3 Å². The summed E-state index contributed by atoms with van der Waals surface area (Å²) < 4.78 is 0. The molecule has 1 aromatic heterocycles. The second kappa shape index (κ2) is 5.81. The van der Waals surface area contributed by atoms with Crippen LogP contribution in [0.25, 0.3) is 0 Å². The van der Waals surface area contributed by atoms with Crippen molar-refractivity contribution >= 4 is 17.3 Å². The number of aliphatic carboxylic acids is 1. The Balaban J connectivity index is 2.32. The van der Waals surface area contributed by atoms with Crippen molar-refractivity contribution in [3.63, 3.8) is 0 Å². The van der Waals surface area contributed by atoms with E-state index < -0.39 is 5.97 Å². The van der Waals surface area contributed by atoms with Gasteiger partial charge in [0.2, 0.25) is 0 Å². The number of aryl methyl sites for hydroxylation is 2. The van der Waals surface area contributed by atoms with E-state index >= 15 is 0 Å². The summed E-state index contributed by atoms with van der Waals surface area (Å²) in [6.45, 7) is 2.17. The van der Waals surface area contributed by atoms with Crippen molar-refractivity contribution in [1.29, 1.82) is 0 Å². The van der Waals surface area contributed by atoms with Crippen LogP contribution in [0.15, 0.2) is 12.1 Å². The summed E-state index contributed by atoms with van der Waals surface area (Å²) in [5.41, 5.74) is 0. The first-order chi connectivity index (χ1) is 6.72. The Hall–Kier alpha value is -0.830. The highest BCUT2D eigenvalue weighted by molar-refractivity contribution is 7.11. The Morgan fingerprint density at radius 3 is 2.57 bits per heavy atom. The van der Waals surface area contributed by atoms with E-state index in [0.717, 1.165) is 19.3 Å². The van der Waals surface area contributed by atoms with Crippen LogP contribution in [0.3, 0.4) is 0 Å². The van der Waals surface area contributed by atoms with Crippen molar-refractivity contribution < 1.29 is 9.90 Å². The minimum absolute atomic E-state index is 0.279. The fourth-order valence-electron chi connectivity index (χ4n) is 1.35. The van der Waals surface area contributed by atoms with Gasteiger partial charge in [0, 0.05) is 16.2 Å². The third-order valence-electron chi connectivity index (χ3n) is 2.03. The summed E-state index contributed by atoms with van der Waals surface area (Å²) in [7, 11) is 0. The number of hydrogen-bond donors (Lipinski definition) is 1. The number of carboxylic acids is 1. The molecular weight excluding hydrogens is 196 g/mol. The van der Waals surface area contributed by atoms with Crippen molar-refractivity contribution in [2.75, 3.05) is 0 Å². The lowest BCUT2D eigenvalue weighted by Gasteiger charge is -1.94. The smallest absolute Gasteiger partial charge is 0.303 e. The van der Waals surface area contributed by atoms with Crippen LogP contribution in [0.4, 0.5) is 0 Å². The molecule has 0 bridgehead atoms. The third kappa shape index (κ3) is 3.92. The first-order valence-corrected chi connectivity index (χ1v) is 5.83. The molecule has 0 aliphatic heterocycles. The van der Waals surface area contributed by atoms with Gasteiger partial charge in [-0.2, -0.15) is 0 Å². The van der Waals surface area contributed by atoms with Crippen LogP contribution in [-0.2, 0) is 17.6 Å². The summed E-state index contributed by atoms with van der Waals surface area (Å²) in [6, 6.07) is 4.28. The van der Waals surface area contributed by atoms with E-state index in [1.165, 1.54) is 16.2 Å². The van der Waals surface area contributed by atoms with E-state index in [0.29, 0.717) is 0 Å². The molecule has 0 fully saturated rings. The average molecular weight is 212 g/mol. The Bertz CT molecular complexity index is 291. The normalized spacial score (nSPS) is 10.4. The molecule has 1 aromatic rings. The van der Waals surface area contributed by atoms with E-state index in [-0.39, 0.29) is 6.42 Å². The van der Waals surface area contributed by atoms with Gasteiger partial charge in [-0.1, -0.05) is 13.3 Å². The van der Waals surface area contributed by atoms with Crippen LogP contribution < -0.4 is 0 Å². The van der Waals surface area contributed by atoms with Crippen LogP contribution in [-0.4, -0.2) is 11.1 Å². The average Bonchev–Trinajstić information content (AvgIpc) is 2.53. The number of carboxylic acid groups (broad SMARTS) is 1. The number of thiophene rings is 1. The predicted octanol–water partition coefficient (Wildman–Crippen LogP) is 3.11. The van der Waals surface area contributed by atoms with Crippen LogP contribution in [0.2, 0.25) is 0 Å². The lowest BCUT2D eigenvalue weighted by molar-refractivity contribution is -0.137. The minimum atomic E-state index is -0.699. The molecule has 3 heteroatoms. The number of rotatable bonds is 6. The van der Waals surface area contributed by atoms with Gasteiger partial charge in [0.15, 0.2) is 0 Å². The predicted molar refractivity (Wildman–Crippen MR) is 58.9 cm³/mol. The molecule has 0 saturated carbocycles. The van der Waals surface area contributed by atoms with Gasteiger partial charge < -0.3 is 5.11 Å². The van der Waals surface area contributed by atoms with Crippen molar-refractivity contribution in [3.8, 4) is 0 Å². The fourth-order valence-corrected chi connectivity index (χ4v) is 2.51. The highest BCUT2D eigenvalue weighted by Crippen LogP contribution is 2.19. The Morgan fingerprint density at radius 2 is 2.00 bits per heavy atom. The molecule has 0 saturated heterocycles. The number of hydrogen-bond acceptors (Lipinski definition) is 2. The van der Waals surface area contributed by atoms with Crippen LogP contribution in [0, 0.1) is 0 Å². The third-order valence-corrected chi connectivity index (χ3v) is 3.23. The molecule has 0 aliphatic carbocycles. The summed E-state index contributed by atoms with van der Waals surface area (Å²) >= 11 is 1.82. The van der Waals surface area contributed by atoms with Gasteiger partial charge in [0.05, 0.1) is 0 Å². The molecule has 1 heterocycles. The largest absolute Gasteiger partial charge is 0.481 e. The molecule has 0 radical (unpaired) electrons. The molecule has 1 N–H and O–H groups in total. The van der Waals surface area contributed by atoms with E-state index in [1.54, 1.807) is 0 Å².